The van der Waals surface area contributed by atoms with E-state index in [4.69, 9.17) is 16.3 Å². The van der Waals surface area contributed by atoms with Crippen LogP contribution in [0.4, 0.5) is 5.82 Å². The number of amides is 1. The molecule has 0 radical (unpaired) electrons. The highest BCUT2D eigenvalue weighted by atomic mass is 35.5. The maximum atomic E-state index is 10.9. The second-order valence-electron chi connectivity index (χ2n) is 2.36. The maximum Gasteiger partial charge on any atom is 0.240 e. The topological polar surface area (TPSA) is 64.1 Å². The summed E-state index contributed by atoms with van der Waals surface area (Å²) in [6.45, 7) is 2.34. The largest absolute Gasteiger partial charge is 0.477 e. The van der Waals surface area contributed by atoms with Crippen LogP contribution >= 0.6 is 11.6 Å². The van der Waals surface area contributed by atoms with Crippen molar-refractivity contribution in [1.29, 1.82) is 0 Å². The smallest absolute Gasteiger partial charge is 0.240 e. The summed E-state index contributed by atoms with van der Waals surface area (Å²) in [5, 5.41) is 2.47. The Balaban J connectivity index is 2.68. The van der Waals surface area contributed by atoms with Crippen LogP contribution in [0.3, 0.4) is 0 Å². The van der Waals surface area contributed by atoms with Gasteiger partial charge in [0.05, 0.1) is 19.0 Å². The van der Waals surface area contributed by atoms with Gasteiger partial charge in [-0.2, -0.15) is 4.98 Å². The number of nitrogens with one attached hydrogen (secondary N) is 1. The zero-order chi connectivity index (χ0) is 10.4. The Labute approximate surface area is 86.5 Å². The number of carbonyl (C=O) groups is 1. The number of halogens is 1. The molecule has 0 aliphatic rings. The third-order valence-electron chi connectivity index (χ3n) is 1.29. The lowest BCUT2D eigenvalue weighted by Gasteiger charge is -2.04. The maximum absolute atomic E-state index is 10.9. The van der Waals surface area contributed by atoms with Crippen molar-refractivity contribution in [2.45, 2.75) is 6.92 Å². The van der Waals surface area contributed by atoms with Crippen molar-refractivity contribution < 1.29 is 9.53 Å². The van der Waals surface area contributed by atoms with E-state index >= 15 is 0 Å². The van der Waals surface area contributed by atoms with Gasteiger partial charge in [0.2, 0.25) is 11.8 Å². The molecule has 0 aliphatic heterocycles. The molecule has 0 aliphatic carbocycles. The average Bonchev–Trinajstić information content (AvgIpc) is 2.19. The molecular weight excluding hydrogens is 206 g/mol. The van der Waals surface area contributed by atoms with Gasteiger partial charge in [-0.25, -0.2) is 0 Å². The Morgan fingerprint density at radius 3 is 3.07 bits per heavy atom. The van der Waals surface area contributed by atoms with E-state index in [1.807, 2.05) is 6.92 Å². The van der Waals surface area contributed by atoms with E-state index in [0.717, 1.165) is 0 Å². The third kappa shape index (κ3) is 3.18. The van der Waals surface area contributed by atoms with Crippen LogP contribution in [-0.4, -0.2) is 28.4 Å². The second-order valence-corrected chi connectivity index (χ2v) is 2.62. The fourth-order valence-corrected chi connectivity index (χ4v) is 0.869. The fraction of sp³-hybridized carbons (Fsp3) is 0.375. The predicted octanol–water partition coefficient (Wildman–Crippen LogP) is 1.05. The highest BCUT2D eigenvalue weighted by molar-refractivity contribution is 6.28. The molecule has 14 heavy (non-hydrogen) atoms. The monoisotopic (exact) mass is 215 g/mol. The minimum atomic E-state index is -0.324. The van der Waals surface area contributed by atoms with Crippen LogP contribution in [0.2, 0.25) is 0 Å². The molecule has 0 spiro atoms. The molecule has 0 unspecified atom stereocenters. The fourth-order valence-electron chi connectivity index (χ4n) is 0.802. The number of hydrogen-bond donors (Lipinski definition) is 1. The lowest BCUT2D eigenvalue weighted by Crippen LogP contribution is -2.14. The molecule has 0 saturated carbocycles. The summed E-state index contributed by atoms with van der Waals surface area (Å²) in [6, 6.07) is 0. The van der Waals surface area contributed by atoms with Gasteiger partial charge in [-0.3, -0.25) is 9.78 Å². The molecule has 1 rings (SSSR count). The van der Waals surface area contributed by atoms with Gasteiger partial charge in [-0.05, 0) is 6.92 Å². The number of carbonyl (C=O) groups excluding carboxylic acids is 1. The van der Waals surface area contributed by atoms with Gasteiger partial charge in [-0.15, -0.1) is 11.6 Å². The molecular formula is C8H10ClN3O2. The summed E-state index contributed by atoms with van der Waals surface area (Å²) < 4.78 is 5.10. The Morgan fingerprint density at radius 1 is 1.64 bits per heavy atom. The molecule has 0 atom stereocenters. The van der Waals surface area contributed by atoms with Crippen molar-refractivity contribution in [3.05, 3.63) is 12.4 Å². The molecule has 1 amide bonds. The SMILES string of the molecule is CCOc1cncc(NC(=O)CCl)n1. The Hall–Kier alpha value is -1.36. The second kappa shape index (κ2) is 5.39. The summed E-state index contributed by atoms with van der Waals surface area (Å²) in [4.78, 5) is 18.7. The molecule has 0 fully saturated rings. The summed E-state index contributed by atoms with van der Waals surface area (Å²) >= 11 is 5.31. The molecule has 6 heteroatoms. The molecule has 1 aromatic heterocycles. The molecule has 5 nitrogen and oxygen atoms in total. The zero-order valence-corrected chi connectivity index (χ0v) is 8.41. The van der Waals surface area contributed by atoms with Crippen LogP contribution in [0, 0.1) is 0 Å². The molecule has 1 heterocycles. The van der Waals surface area contributed by atoms with Crippen LogP contribution in [0.25, 0.3) is 0 Å². The van der Waals surface area contributed by atoms with Gasteiger partial charge in [-0.1, -0.05) is 0 Å². The van der Waals surface area contributed by atoms with E-state index in [0.29, 0.717) is 18.3 Å². The first kappa shape index (κ1) is 10.7. The summed E-state index contributed by atoms with van der Waals surface area (Å²) in [6.07, 6.45) is 2.90. The molecule has 76 valence electrons. The van der Waals surface area contributed by atoms with Crippen LogP contribution in [0.15, 0.2) is 12.4 Å². The number of aromatic nitrogens is 2. The van der Waals surface area contributed by atoms with Crippen molar-refractivity contribution in [3.63, 3.8) is 0 Å². The van der Waals surface area contributed by atoms with Crippen molar-refractivity contribution in [2.75, 3.05) is 17.8 Å². The highest BCUT2D eigenvalue weighted by Gasteiger charge is 2.02. The van der Waals surface area contributed by atoms with Crippen molar-refractivity contribution >= 4 is 23.3 Å². The van der Waals surface area contributed by atoms with Gasteiger partial charge in [0.25, 0.3) is 0 Å². The Kier molecular flexibility index (Phi) is 4.12. The molecule has 0 bridgehead atoms. The lowest BCUT2D eigenvalue weighted by molar-refractivity contribution is -0.113. The Morgan fingerprint density at radius 2 is 2.43 bits per heavy atom. The van der Waals surface area contributed by atoms with Gasteiger partial charge in [0.1, 0.15) is 5.88 Å². The number of rotatable bonds is 4. The van der Waals surface area contributed by atoms with Gasteiger partial charge >= 0.3 is 0 Å². The lowest BCUT2D eigenvalue weighted by atomic mass is 10.6. The summed E-state index contributed by atoms with van der Waals surface area (Å²) in [5.41, 5.74) is 0. The summed E-state index contributed by atoms with van der Waals surface area (Å²) in [7, 11) is 0. The van der Waals surface area contributed by atoms with E-state index in [1.54, 1.807) is 0 Å². The molecule has 1 aromatic rings. The standard InChI is InChI=1S/C8H10ClN3O2/c1-2-14-8-5-10-4-6(12-8)11-7(13)3-9/h4-5H,2-3H2,1H3,(H,11,12,13). The minimum absolute atomic E-state index is 0.111. The van der Waals surface area contributed by atoms with Gasteiger partial charge in [0.15, 0.2) is 5.82 Å². The van der Waals surface area contributed by atoms with Crippen molar-refractivity contribution in [1.82, 2.24) is 9.97 Å². The molecule has 0 aromatic carbocycles. The number of anilines is 1. The van der Waals surface area contributed by atoms with Crippen molar-refractivity contribution in [3.8, 4) is 5.88 Å². The van der Waals surface area contributed by atoms with Gasteiger partial charge in [0, 0.05) is 0 Å². The van der Waals surface area contributed by atoms with E-state index in [-0.39, 0.29) is 11.8 Å². The highest BCUT2D eigenvalue weighted by Crippen LogP contribution is 2.08. The number of ether oxygens (including phenoxy) is 1. The first-order valence-corrected chi connectivity index (χ1v) is 4.60. The predicted molar refractivity (Wildman–Crippen MR) is 52.6 cm³/mol. The first-order chi connectivity index (χ1) is 6.76. The van der Waals surface area contributed by atoms with Crippen LogP contribution in [-0.2, 0) is 4.79 Å². The quantitative estimate of drug-likeness (QED) is 0.763. The normalized spacial score (nSPS) is 9.57. The first-order valence-electron chi connectivity index (χ1n) is 4.07. The van der Waals surface area contributed by atoms with E-state index in [2.05, 4.69) is 15.3 Å². The van der Waals surface area contributed by atoms with E-state index in [9.17, 15) is 4.79 Å². The molecule has 1 N–H and O–H groups in total. The Bertz CT molecular complexity index is 319. The van der Waals surface area contributed by atoms with Crippen molar-refractivity contribution in [2.24, 2.45) is 0 Å². The number of nitrogens with zero attached hydrogens (tertiary/aromatic N) is 2. The van der Waals surface area contributed by atoms with Crippen LogP contribution in [0.1, 0.15) is 6.92 Å². The van der Waals surface area contributed by atoms with E-state index in [1.165, 1.54) is 12.4 Å². The zero-order valence-electron chi connectivity index (χ0n) is 7.66. The third-order valence-corrected chi connectivity index (χ3v) is 1.54. The minimum Gasteiger partial charge on any atom is -0.477 e. The van der Waals surface area contributed by atoms with E-state index < -0.39 is 0 Å². The van der Waals surface area contributed by atoms with Gasteiger partial charge < -0.3 is 10.1 Å². The van der Waals surface area contributed by atoms with Crippen LogP contribution in [0.5, 0.6) is 5.88 Å². The average molecular weight is 216 g/mol. The number of hydrogen-bond acceptors (Lipinski definition) is 4. The van der Waals surface area contributed by atoms with Crippen LogP contribution < -0.4 is 10.1 Å². The molecule has 0 saturated heterocycles. The summed E-state index contributed by atoms with van der Waals surface area (Å²) in [5.74, 6) is 0.275. The number of alkyl halides is 1.